The lowest BCUT2D eigenvalue weighted by molar-refractivity contribution is 0.0383. The molecule has 0 bridgehead atoms. The second-order valence-electron chi connectivity index (χ2n) is 7.98. The maximum absolute atomic E-state index is 12.7. The minimum absolute atomic E-state index is 0.152. The van der Waals surface area contributed by atoms with Crippen molar-refractivity contribution in [2.24, 2.45) is 0 Å². The Morgan fingerprint density at radius 1 is 0.970 bits per heavy atom. The number of rotatable bonds is 7. The van der Waals surface area contributed by atoms with Crippen LogP contribution in [-0.4, -0.2) is 28.8 Å². The average Bonchev–Trinajstić information content (AvgIpc) is 3.27. The third-order valence-corrected chi connectivity index (χ3v) is 5.60. The van der Waals surface area contributed by atoms with Crippen molar-refractivity contribution in [2.45, 2.75) is 19.1 Å². The van der Waals surface area contributed by atoms with Gasteiger partial charge in [0.2, 0.25) is 0 Å². The lowest BCUT2D eigenvalue weighted by Gasteiger charge is -2.22. The van der Waals surface area contributed by atoms with Gasteiger partial charge in [-0.15, -0.1) is 0 Å². The van der Waals surface area contributed by atoms with Gasteiger partial charge in [0, 0.05) is 18.3 Å². The summed E-state index contributed by atoms with van der Waals surface area (Å²) >= 11 is 0. The first-order valence-electron chi connectivity index (χ1n) is 11.1. The lowest BCUT2D eigenvalue weighted by Crippen LogP contribution is -2.31. The first-order chi connectivity index (χ1) is 16.2. The Morgan fingerprint density at radius 2 is 1.67 bits per heavy atom. The van der Waals surface area contributed by atoms with Gasteiger partial charge >= 0.3 is 0 Å². The summed E-state index contributed by atoms with van der Waals surface area (Å²) in [5.74, 6) is 1.29. The second-order valence-corrected chi connectivity index (χ2v) is 7.98. The van der Waals surface area contributed by atoms with Crippen LogP contribution in [0.5, 0.6) is 11.5 Å². The van der Waals surface area contributed by atoms with Crippen molar-refractivity contribution >= 4 is 5.91 Å². The van der Waals surface area contributed by atoms with Crippen LogP contribution in [-0.2, 0) is 17.7 Å². The van der Waals surface area contributed by atoms with Crippen LogP contribution in [0.15, 0.2) is 91.1 Å². The first kappa shape index (κ1) is 21.0. The minimum Gasteiger partial charge on any atom is -0.457 e. The summed E-state index contributed by atoms with van der Waals surface area (Å²) in [4.78, 5) is 12.7. The number of fused-ring (bicyclic) bond motifs is 1. The van der Waals surface area contributed by atoms with Crippen LogP contribution in [0.2, 0.25) is 0 Å². The smallest absolute Gasteiger partial charge is 0.251 e. The van der Waals surface area contributed by atoms with Crippen molar-refractivity contribution in [3.8, 4) is 11.5 Å². The van der Waals surface area contributed by atoms with E-state index in [1.54, 1.807) is 24.3 Å². The maximum Gasteiger partial charge on any atom is 0.251 e. The lowest BCUT2D eigenvalue weighted by atomic mass is 10.1. The molecule has 3 aromatic carbocycles. The van der Waals surface area contributed by atoms with Gasteiger partial charge in [0.05, 0.1) is 18.8 Å². The Bertz CT molecular complexity index is 1200. The highest BCUT2D eigenvalue weighted by Gasteiger charge is 2.25. The number of aromatic nitrogens is 2. The maximum atomic E-state index is 12.7. The zero-order valence-electron chi connectivity index (χ0n) is 18.2. The van der Waals surface area contributed by atoms with Gasteiger partial charge in [-0.3, -0.25) is 9.48 Å². The summed E-state index contributed by atoms with van der Waals surface area (Å²) in [6.45, 7) is 1.71. The number of para-hydroxylation sites is 1. The summed E-state index contributed by atoms with van der Waals surface area (Å²) in [6, 6.07) is 26.9. The van der Waals surface area contributed by atoms with E-state index in [9.17, 15) is 4.79 Å². The molecule has 0 unspecified atom stereocenters. The van der Waals surface area contributed by atoms with E-state index in [0.717, 1.165) is 17.9 Å². The SMILES string of the molecule is O=C(NC[C@@H]1OCCc2cn(Cc3ccccc3)nc21)c1ccc(Oc2ccccc2)cc1. The molecule has 1 aliphatic heterocycles. The Kier molecular flexibility index (Phi) is 6.17. The summed E-state index contributed by atoms with van der Waals surface area (Å²) in [5, 5.41) is 7.74. The van der Waals surface area contributed by atoms with Crippen LogP contribution in [0.25, 0.3) is 0 Å². The van der Waals surface area contributed by atoms with Gasteiger partial charge in [-0.05, 0) is 53.9 Å². The standard InChI is InChI=1S/C27H25N3O3/c31-27(21-11-13-24(14-12-21)33-23-9-5-2-6-10-23)28-17-25-26-22(15-16-32-25)19-30(29-26)18-20-7-3-1-4-8-20/h1-14,19,25H,15-18H2,(H,28,31)/t25-/m0/s1. The zero-order chi connectivity index (χ0) is 22.5. The van der Waals surface area contributed by atoms with E-state index in [1.807, 2.05) is 53.2 Å². The molecule has 5 rings (SSSR count). The Morgan fingerprint density at radius 3 is 2.42 bits per heavy atom. The second kappa shape index (κ2) is 9.71. The largest absolute Gasteiger partial charge is 0.457 e. The molecule has 1 N–H and O–H groups in total. The summed E-state index contributed by atoms with van der Waals surface area (Å²) < 4.78 is 13.7. The van der Waals surface area contributed by atoms with Crippen LogP contribution in [0.4, 0.5) is 0 Å². The molecule has 0 saturated carbocycles. The predicted molar refractivity (Wildman–Crippen MR) is 125 cm³/mol. The van der Waals surface area contributed by atoms with E-state index in [0.29, 0.717) is 31.0 Å². The van der Waals surface area contributed by atoms with E-state index in [2.05, 4.69) is 23.6 Å². The van der Waals surface area contributed by atoms with Crippen molar-refractivity contribution in [3.05, 3.63) is 114 Å². The highest BCUT2D eigenvalue weighted by Crippen LogP contribution is 2.26. The van der Waals surface area contributed by atoms with Crippen LogP contribution in [0, 0.1) is 0 Å². The minimum atomic E-state index is -0.254. The summed E-state index contributed by atoms with van der Waals surface area (Å²) in [5.41, 5.74) is 3.85. The van der Waals surface area contributed by atoms with Gasteiger partial charge < -0.3 is 14.8 Å². The molecule has 0 fully saturated rings. The number of nitrogens with zero attached hydrogens (tertiary/aromatic N) is 2. The zero-order valence-corrected chi connectivity index (χ0v) is 18.2. The number of carbonyl (C=O) groups is 1. The summed E-state index contributed by atoms with van der Waals surface area (Å²) in [7, 11) is 0. The van der Waals surface area contributed by atoms with Gasteiger partial charge in [-0.25, -0.2) is 0 Å². The Balaban J connectivity index is 1.20. The van der Waals surface area contributed by atoms with E-state index >= 15 is 0 Å². The highest BCUT2D eigenvalue weighted by atomic mass is 16.5. The van der Waals surface area contributed by atoms with Gasteiger partial charge in [0.1, 0.15) is 17.6 Å². The molecule has 1 aliphatic rings. The first-order valence-corrected chi connectivity index (χ1v) is 11.1. The number of nitrogens with one attached hydrogen (secondary N) is 1. The molecule has 4 aromatic rings. The van der Waals surface area contributed by atoms with Gasteiger partial charge in [0.15, 0.2) is 0 Å². The van der Waals surface area contributed by atoms with Crippen molar-refractivity contribution in [2.75, 3.05) is 13.2 Å². The number of amides is 1. The third kappa shape index (κ3) is 5.13. The van der Waals surface area contributed by atoms with Crippen LogP contribution in [0.1, 0.15) is 33.3 Å². The molecule has 6 nitrogen and oxygen atoms in total. The molecule has 0 aliphatic carbocycles. The molecule has 1 amide bonds. The number of benzene rings is 3. The van der Waals surface area contributed by atoms with Gasteiger partial charge in [0.25, 0.3) is 5.91 Å². The predicted octanol–water partition coefficient (Wildman–Crippen LogP) is 4.77. The monoisotopic (exact) mass is 439 g/mol. The molecular formula is C27H25N3O3. The third-order valence-electron chi connectivity index (χ3n) is 5.60. The quantitative estimate of drug-likeness (QED) is 0.451. The number of hydrogen-bond donors (Lipinski definition) is 1. The molecule has 0 spiro atoms. The Hall–Kier alpha value is -3.90. The van der Waals surface area contributed by atoms with E-state index in [-0.39, 0.29) is 12.0 Å². The Labute approximate surface area is 192 Å². The molecular weight excluding hydrogens is 414 g/mol. The molecule has 1 aromatic heterocycles. The molecule has 6 heteroatoms. The summed E-state index contributed by atoms with van der Waals surface area (Å²) in [6.07, 6.45) is 2.66. The fourth-order valence-electron chi connectivity index (χ4n) is 3.92. The van der Waals surface area contributed by atoms with Crippen molar-refractivity contribution in [3.63, 3.8) is 0 Å². The molecule has 166 valence electrons. The van der Waals surface area contributed by atoms with Crippen molar-refractivity contribution < 1.29 is 14.3 Å². The number of ether oxygens (including phenoxy) is 2. The average molecular weight is 440 g/mol. The topological polar surface area (TPSA) is 65.4 Å². The van der Waals surface area contributed by atoms with Crippen molar-refractivity contribution in [1.82, 2.24) is 15.1 Å². The van der Waals surface area contributed by atoms with Crippen LogP contribution < -0.4 is 10.1 Å². The normalized spacial score (nSPS) is 15.0. The van der Waals surface area contributed by atoms with Crippen LogP contribution >= 0.6 is 0 Å². The van der Waals surface area contributed by atoms with Crippen LogP contribution in [0.3, 0.4) is 0 Å². The van der Waals surface area contributed by atoms with Gasteiger partial charge in [-0.2, -0.15) is 5.10 Å². The number of hydrogen-bond acceptors (Lipinski definition) is 4. The van der Waals surface area contributed by atoms with E-state index in [1.165, 1.54) is 11.1 Å². The molecule has 2 heterocycles. The fraction of sp³-hybridized carbons (Fsp3) is 0.185. The van der Waals surface area contributed by atoms with Crippen molar-refractivity contribution in [1.29, 1.82) is 0 Å². The molecule has 1 atom stereocenters. The van der Waals surface area contributed by atoms with E-state index in [4.69, 9.17) is 14.6 Å². The molecule has 33 heavy (non-hydrogen) atoms. The van der Waals surface area contributed by atoms with Gasteiger partial charge in [-0.1, -0.05) is 48.5 Å². The number of carbonyl (C=O) groups excluding carboxylic acids is 1. The van der Waals surface area contributed by atoms with E-state index < -0.39 is 0 Å². The molecule has 0 saturated heterocycles. The molecule has 0 radical (unpaired) electrons. The fourth-order valence-corrected chi connectivity index (χ4v) is 3.92. The highest BCUT2D eigenvalue weighted by molar-refractivity contribution is 5.94.